The molecule has 0 aliphatic heterocycles. The summed E-state index contributed by atoms with van der Waals surface area (Å²) in [5.41, 5.74) is 2.16. The molecule has 0 radical (unpaired) electrons. The highest BCUT2D eigenvalue weighted by atomic mass is 16.6. The van der Waals surface area contributed by atoms with Gasteiger partial charge in [-0.1, -0.05) is 18.2 Å². The summed E-state index contributed by atoms with van der Waals surface area (Å²) in [4.78, 5) is 14.8. The van der Waals surface area contributed by atoms with Crippen LogP contribution in [-0.2, 0) is 6.54 Å². The fourth-order valence-corrected chi connectivity index (χ4v) is 1.88. The Bertz CT molecular complexity index is 612. The van der Waals surface area contributed by atoms with Crippen LogP contribution in [0.2, 0.25) is 0 Å². The highest BCUT2D eigenvalue weighted by Crippen LogP contribution is 2.28. The molecule has 6 nitrogen and oxygen atoms in total. The summed E-state index contributed by atoms with van der Waals surface area (Å²) in [6, 6.07) is 8.82. The van der Waals surface area contributed by atoms with Crippen molar-refractivity contribution >= 4 is 11.4 Å². The quantitative estimate of drug-likeness (QED) is 0.669. The van der Waals surface area contributed by atoms with Crippen molar-refractivity contribution in [1.82, 2.24) is 4.98 Å². The smallest absolute Gasteiger partial charge is 0.295 e. The third-order valence-corrected chi connectivity index (χ3v) is 2.91. The van der Waals surface area contributed by atoms with Gasteiger partial charge in [-0.15, -0.1) is 0 Å². The van der Waals surface area contributed by atoms with E-state index in [0.29, 0.717) is 23.7 Å². The Hall–Kier alpha value is -2.63. The molecule has 1 aromatic carbocycles. The lowest BCUT2D eigenvalue weighted by Gasteiger charge is -2.08. The molecule has 104 valence electrons. The lowest BCUT2D eigenvalue weighted by Crippen LogP contribution is -2.04. The number of benzene rings is 1. The second kappa shape index (κ2) is 6.01. The molecule has 0 amide bonds. The molecule has 1 aromatic heterocycles. The average Bonchev–Trinajstić information content (AvgIpc) is 2.45. The first-order valence-corrected chi connectivity index (χ1v) is 6.08. The number of nitrogens with one attached hydrogen (secondary N) is 1. The van der Waals surface area contributed by atoms with Crippen LogP contribution in [0.1, 0.15) is 11.1 Å². The minimum atomic E-state index is -0.371. The summed E-state index contributed by atoms with van der Waals surface area (Å²) in [6.07, 6.45) is 1.67. The molecule has 0 atom stereocenters. The maximum absolute atomic E-state index is 11.1. The van der Waals surface area contributed by atoms with Gasteiger partial charge in [-0.3, -0.25) is 10.1 Å². The Morgan fingerprint density at radius 1 is 1.35 bits per heavy atom. The van der Waals surface area contributed by atoms with Gasteiger partial charge < -0.3 is 10.1 Å². The number of ether oxygens (including phenoxy) is 1. The first-order valence-electron chi connectivity index (χ1n) is 6.08. The van der Waals surface area contributed by atoms with Crippen molar-refractivity contribution in [3.63, 3.8) is 0 Å². The summed E-state index contributed by atoms with van der Waals surface area (Å²) in [7, 11) is 1.55. The maximum atomic E-state index is 11.1. The number of hydrogen-bond donors (Lipinski definition) is 1. The van der Waals surface area contributed by atoms with E-state index in [9.17, 15) is 10.1 Å². The van der Waals surface area contributed by atoms with Crippen LogP contribution in [0.25, 0.3) is 0 Å². The molecular weight excluding hydrogens is 258 g/mol. The Labute approximate surface area is 116 Å². The lowest BCUT2D eigenvalue weighted by atomic mass is 10.1. The van der Waals surface area contributed by atoms with Crippen LogP contribution >= 0.6 is 0 Å². The Morgan fingerprint density at radius 2 is 2.15 bits per heavy atom. The van der Waals surface area contributed by atoms with Crippen molar-refractivity contribution in [3.8, 4) is 5.88 Å². The summed E-state index contributed by atoms with van der Waals surface area (Å²) in [6.45, 7) is 2.18. The van der Waals surface area contributed by atoms with Gasteiger partial charge in [-0.05, 0) is 18.6 Å². The third kappa shape index (κ3) is 3.03. The Balaban J connectivity index is 2.14. The maximum Gasteiger partial charge on any atom is 0.295 e. The number of pyridine rings is 1. The predicted molar refractivity (Wildman–Crippen MR) is 75.9 cm³/mol. The van der Waals surface area contributed by atoms with Crippen molar-refractivity contribution in [2.75, 3.05) is 12.4 Å². The van der Waals surface area contributed by atoms with Crippen LogP contribution in [0.3, 0.4) is 0 Å². The van der Waals surface area contributed by atoms with E-state index < -0.39 is 0 Å². The molecule has 0 aliphatic rings. The molecular formula is C14H15N3O3. The van der Waals surface area contributed by atoms with E-state index in [-0.39, 0.29) is 10.6 Å². The highest BCUT2D eigenvalue weighted by molar-refractivity contribution is 5.65. The van der Waals surface area contributed by atoms with Gasteiger partial charge >= 0.3 is 0 Å². The number of nitrogens with zero attached hydrogens (tertiary/aromatic N) is 2. The lowest BCUT2D eigenvalue weighted by molar-refractivity contribution is -0.384. The largest absolute Gasteiger partial charge is 0.481 e. The number of methoxy groups -OCH3 is 1. The zero-order chi connectivity index (χ0) is 14.5. The second-order valence-electron chi connectivity index (χ2n) is 4.29. The van der Waals surface area contributed by atoms with Gasteiger partial charge in [0.15, 0.2) is 0 Å². The standard InChI is InChI=1S/C14H15N3O3/c1-10-4-3-5-12(14(10)17(18)19)15-8-11-6-7-13(20-2)16-9-11/h3-7,9,15H,8H2,1-2H3. The van der Waals surface area contributed by atoms with E-state index in [1.165, 1.54) is 0 Å². The third-order valence-electron chi connectivity index (χ3n) is 2.91. The zero-order valence-electron chi connectivity index (χ0n) is 11.3. The van der Waals surface area contributed by atoms with Crippen molar-refractivity contribution in [3.05, 3.63) is 57.8 Å². The van der Waals surface area contributed by atoms with Gasteiger partial charge in [0, 0.05) is 24.4 Å². The minimum absolute atomic E-state index is 0.106. The van der Waals surface area contributed by atoms with E-state index >= 15 is 0 Å². The molecule has 0 fully saturated rings. The topological polar surface area (TPSA) is 77.3 Å². The van der Waals surface area contributed by atoms with Gasteiger partial charge in [0.05, 0.1) is 12.0 Å². The molecule has 2 rings (SSSR count). The number of rotatable bonds is 5. The van der Waals surface area contributed by atoms with E-state index in [1.54, 1.807) is 44.5 Å². The summed E-state index contributed by atoms with van der Waals surface area (Å²) >= 11 is 0. The SMILES string of the molecule is COc1ccc(CNc2cccc(C)c2[N+](=O)[O-])cn1. The van der Waals surface area contributed by atoms with Crippen LogP contribution in [-0.4, -0.2) is 17.0 Å². The molecule has 20 heavy (non-hydrogen) atoms. The number of aryl methyl sites for hydroxylation is 1. The van der Waals surface area contributed by atoms with Crippen molar-refractivity contribution in [2.45, 2.75) is 13.5 Å². The molecule has 0 aliphatic carbocycles. The molecule has 0 bridgehead atoms. The number of anilines is 1. The van der Waals surface area contributed by atoms with E-state index in [1.807, 2.05) is 6.07 Å². The molecule has 0 saturated carbocycles. The average molecular weight is 273 g/mol. The van der Waals surface area contributed by atoms with Crippen molar-refractivity contribution in [1.29, 1.82) is 0 Å². The number of para-hydroxylation sites is 1. The summed E-state index contributed by atoms with van der Waals surface area (Å²) < 4.78 is 4.98. The van der Waals surface area contributed by atoms with E-state index in [4.69, 9.17) is 4.74 Å². The fourth-order valence-electron chi connectivity index (χ4n) is 1.88. The zero-order valence-corrected chi connectivity index (χ0v) is 11.3. The molecule has 1 heterocycles. The Kier molecular flexibility index (Phi) is 4.14. The van der Waals surface area contributed by atoms with Crippen LogP contribution in [0, 0.1) is 17.0 Å². The van der Waals surface area contributed by atoms with E-state index in [2.05, 4.69) is 10.3 Å². The van der Waals surface area contributed by atoms with Crippen LogP contribution in [0.15, 0.2) is 36.5 Å². The number of hydrogen-bond acceptors (Lipinski definition) is 5. The van der Waals surface area contributed by atoms with Crippen molar-refractivity contribution in [2.24, 2.45) is 0 Å². The normalized spacial score (nSPS) is 10.1. The first kappa shape index (κ1) is 13.8. The van der Waals surface area contributed by atoms with Gasteiger partial charge in [0.2, 0.25) is 5.88 Å². The molecule has 6 heteroatoms. The van der Waals surface area contributed by atoms with E-state index in [0.717, 1.165) is 5.56 Å². The second-order valence-corrected chi connectivity index (χ2v) is 4.29. The predicted octanol–water partition coefficient (Wildman–Crippen LogP) is 2.92. The highest BCUT2D eigenvalue weighted by Gasteiger charge is 2.16. The summed E-state index contributed by atoms with van der Waals surface area (Å²) in [5, 5.41) is 14.1. The molecule has 0 saturated heterocycles. The van der Waals surface area contributed by atoms with Crippen LogP contribution in [0.5, 0.6) is 5.88 Å². The van der Waals surface area contributed by atoms with Gasteiger partial charge in [0.25, 0.3) is 5.69 Å². The van der Waals surface area contributed by atoms with Crippen LogP contribution < -0.4 is 10.1 Å². The van der Waals surface area contributed by atoms with Gasteiger partial charge in [0.1, 0.15) is 5.69 Å². The van der Waals surface area contributed by atoms with Gasteiger partial charge in [-0.2, -0.15) is 0 Å². The summed E-state index contributed by atoms with van der Waals surface area (Å²) in [5.74, 6) is 0.537. The monoisotopic (exact) mass is 273 g/mol. The molecule has 0 unspecified atom stereocenters. The molecule has 1 N–H and O–H groups in total. The number of nitro groups is 1. The Morgan fingerprint density at radius 3 is 2.75 bits per heavy atom. The molecule has 0 spiro atoms. The van der Waals surface area contributed by atoms with Gasteiger partial charge in [-0.25, -0.2) is 4.98 Å². The fraction of sp³-hybridized carbons (Fsp3) is 0.214. The first-order chi connectivity index (χ1) is 9.61. The number of aromatic nitrogens is 1. The van der Waals surface area contributed by atoms with Crippen molar-refractivity contribution < 1.29 is 9.66 Å². The molecule has 2 aromatic rings. The van der Waals surface area contributed by atoms with Crippen LogP contribution in [0.4, 0.5) is 11.4 Å². The number of nitro benzene ring substituents is 1. The minimum Gasteiger partial charge on any atom is -0.481 e.